The van der Waals surface area contributed by atoms with Gasteiger partial charge in [0.05, 0.1) is 17.4 Å². The zero-order valence-electron chi connectivity index (χ0n) is 15.0. The molecular formula is C20H24N2O3. The summed E-state index contributed by atoms with van der Waals surface area (Å²) in [6.45, 7) is 4.12. The first-order valence-corrected chi connectivity index (χ1v) is 9.25. The van der Waals surface area contributed by atoms with Crippen LogP contribution in [-0.2, 0) is 15.1 Å². The van der Waals surface area contributed by atoms with Gasteiger partial charge in [-0.3, -0.25) is 19.3 Å². The standard InChI is InChI=1S/C20H24N2O3/c1-4-6-11-20-13-10-8-7-9-12(13)17(23)22(20)14(5-2)15-16(20)19(25)21(3)18(15)24/h7-10,14-16H,4-6,11H2,1-3H3/t14-,15+,16-,20+/m0/s1. The lowest BCUT2D eigenvalue weighted by Crippen LogP contribution is -2.49. The number of nitrogens with zero attached hydrogens (tertiary/aromatic N) is 2. The van der Waals surface area contributed by atoms with Gasteiger partial charge in [-0.15, -0.1) is 0 Å². The van der Waals surface area contributed by atoms with Gasteiger partial charge >= 0.3 is 0 Å². The van der Waals surface area contributed by atoms with Gasteiger partial charge < -0.3 is 4.90 Å². The summed E-state index contributed by atoms with van der Waals surface area (Å²) < 4.78 is 0. The third-order valence-electron chi connectivity index (χ3n) is 6.43. The van der Waals surface area contributed by atoms with Gasteiger partial charge in [0.2, 0.25) is 11.8 Å². The van der Waals surface area contributed by atoms with Crippen molar-refractivity contribution in [2.24, 2.45) is 11.8 Å². The van der Waals surface area contributed by atoms with Crippen LogP contribution in [0.25, 0.3) is 0 Å². The molecule has 25 heavy (non-hydrogen) atoms. The highest BCUT2D eigenvalue weighted by atomic mass is 16.2. The monoisotopic (exact) mass is 340 g/mol. The summed E-state index contributed by atoms with van der Waals surface area (Å²) in [5.74, 6) is -1.13. The first kappa shape index (κ1) is 16.3. The van der Waals surface area contributed by atoms with E-state index < -0.39 is 17.4 Å². The number of imide groups is 1. The van der Waals surface area contributed by atoms with Crippen molar-refractivity contribution in [1.29, 1.82) is 0 Å². The molecule has 132 valence electrons. The Labute approximate surface area is 148 Å². The van der Waals surface area contributed by atoms with Crippen LogP contribution in [0.1, 0.15) is 55.5 Å². The van der Waals surface area contributed by atoms with Crippen LogP contribution in [0, 0.1) is 11.8 Å². The first-order chi connectivity index (χ1) is 12.0. The topological polar surface area (TPSA) is 57.7 Å². The van der Waals surface area contributed by atoms with E-state index in [1.807, 2.05) is 36.1 Å². The quantitative estimate of drug-likeness (QED) is 0.792. The van der Waals surface area contributed by atoms with Gasteiger partial charge in [0, 0.05) is 18.7 Å². The highest BCUT2D eigenvalue weighted by Gasteiger charge is 2.71. The maximum Gasteiger partial charge on any atom is 0.255 e. The van der Waals surface area contributed by atoms with Crippen LogP contribution in [0.3, 0.4) is 0 Å². The third-order valence-corrected chi connectivity index (χ3v) is 6.43. The molecule has 0 bridgehead atoms. The Morgan fingerprint density at radius 1 is 1.08 bits per heavy atom. The van der Waals surface area contributed by atoms with Crippen molar-refractivity contribution in [3.05, 3.63) is 35.4 Å². The van der Waals surface area contributed by atoms with E-state index in [1.165, 1.54) is 4.90 Å². The molecule has 5 nitrogen and oxygen atoms in total. The average molecular weight is 340 g/mol. The Morgan fingerprint density at radius 2 is 1.80 bits per heavy atom. The van der Waals surface area contributed by atoms with Crippen LogP contribution in [-0.4, -0.2) is 40.6 Å². The molecule has 1 aromatic rings. The summed E-state index contributed by atoms with van der Waals surface area (Å²) in [7, 11) is 1.58. The molecule has 4 atom stereocenters. The van der Waals surface area contributed by atoms with Crippen molar-refractivity contribution in [1.82, 2.24) is 9.80 Å². The van der Waals surface area contributed by atoms with Crippen molar-refractivity contribution in [2.45, 2.75) is 51.1 Å². The van der Waals surface area contributed by atoms with Crippen LogP contribution in [0.5, 0.6) is 0 Å². The molecule has 0 N–H and O–H groups in total. The maximum atomic E-state index is 13.2. The number of carbonyl (C=O) groups excluding carboxylic acids is 3. The summed E-state index contributed by atoms with van der Waals surface area (Å²) in [6, 6.07) is 7.44. The Hall–Kier alpha value is -2.17. The van der Waals surface area contributed by atoms with E-state index in [9.17, 15) is 14.4 Å². The highest BCUT2D eigenvalue weighted by Crippen LogP contribution is 2.60. The fraction of sp³-hybridized carbons (Fsp3) is 0.550. The van der Waals surface area contributed by atoms with Gasteiger partial charge in [-0.1, -0.05) is 44.9 Å². The Bertz CT molecular complexity index is 774. The van der Waals surface area contributed by atoms with Gasteiger partial charge in [-0.05, 0) is 24.5 Å². The summed E-state index contributed by atoms with van der Waals surface area (Å²) >= 11 is 0. The fourth-order valence-corrected chi connectivity index (χ4v) is 5.43. The molecule has 0 aliphatic carbocycles. The first-order valence-electron chi connectivity index (χ1n) is 9.25. The van der Waals surface area contributed by atoms with Gasteiger partial charge in [0.1, 0.15) is 0 Å². The van der Waals surface area contributed by atoms with Crippen molar-refractivity contribution in [3.8, 4) is 0 Å². The molecule has 0 unspecified atom stereocenters. The fourth-order valence-electron chi connectivity index (χ4n) is 5.43. The van der Waals surface area contributed by atoms with E-state index in [0.29, 0.717) is 12.0 Å². The van der Waals surface area contributed by atoms with Gasteiger partial charge in [0.15, 0.2) is 0 Å². The second-order valence-corrected chi connectivity index (χ2v) is 7.46. The van der Waals surface area contributed by atoms with E-state index in [2.05, 4.69) is 6.92 Å². The zero-order valence-corrected chi connectivity index (χ0v) is 15.0. The minimum absolute atomic E-state index is 0.0174. The summed E-state index contributed by atoms with van der Waals surface area (Å²) in [5.41, 5.74) is 0.980. The molecule has 3 amide bonds. The minimum Gasteiger partial charge on any atom is -0.324 e. The molecule has 2 fully saturated rings. The van der Waals surface area contributed by atoms with Crippen LogP contribution >= 0.6 is 0 Å². The van der Waals surface area contributed by atoms with E-state index in [4.69, 9.17) is 0 Å². The van der Waals surface area contributed by atoms with E-state index in [-0.39, 0.29) is 23.8 Å². The number of rotatable bonds is 4. The molecule has 5 heteroatoms. The van der Waals surface area contributed by atoms with Crippen molar-refractivity contribution >= 4 is 17.7 Å². The molecule has 3 heterocycles. The lowest BCUT2D eigenvalue weighted by molar-refractivity contribution is -0.140. The average Bonchev–Trinajstić information content (AvgIpc) is 3.15. The van der Waals surface area contributed by atoms with Crippen LogP contribution in [0.4, 0.5) is 0 Å². The molecule has 0 radical (unpaired) electrons. The Kier molecular flexibility index (Phi) is 3.53. The Balaban J connectivity index is 1.98. The van der Waals surface area contributed by atoms with E-state index >= 15 is 0 Å². The van der Waals surface area contributed by atoms with Crippen molar-refractivity contribution in [3.63, 3.8) is 0 Å². The zero-order chi connectivity index (χ0) is 17.9. The van der Waals surface area contributed by atoms with Gasteiger partial charge in [-0.25, -0.2) is 0 Å². The molecule has 4 rings (SSSR count). The molecular weight excluding hydrogens is 316 g/mol. The number of amides is 3. The maximum absolute atomic E-state index is 13.2. The molecule has 0 saturated carbocycles. The van der Waals surface area contributed by atoms with Crippen LogP contribution in [0.2, 0.25) is 0 Å². The second-order valence-electron chi connectivity index (χ2n) is 7.46. The summed E-state index contributed by atoms with van der Waals surface area (Å²) in [6.07, 6.45) is 3.32. The normalized spacial score (nSPS) is 33.1. The summed E-state index contributed by atoms with van der Waals surface area (Å²) in [4.78, 5) is 42.3. The largest absolute Gasteiger partial charge is 0.324 e. The van der Waals surface area contributed by atoms with Gasteiger partial charge in [0.25, 0.3) is 5.91 Å². The number of unbranched alkanes of at least 4 members (excludes halogenated alkanes) is 1. The number of likely N-dealkylation sites (tertiary alicyclic amines) is 1. The lowest BCUT2D eigenvalue weighted by atomic mass is 9.73. The molecule has 0 spiro atoms. The molecule has 1 aromatic carbocycles. The second kappa shape index (κ2) is 5.41. The Morgan fingerprint density at radius 3 is 2.48 bits per heavy atom. The van der Waals surface area contributed by atoms with E-state index in [0.717, 1.165) is 24.8 Å². The highest BCUT2D eigenvalue weighted by molar-refractivity contribution is 6.10. The number of fused-ring (bicyclic) bond motifs is 5. The summed E-state index contributed by atoms with van der Waals surface area (Å²) in [5, 5.41) is 0. The predicted octanol–water partition coefficient (Wildman–Crippen LogP) is 2.55. The van der Waals surface area contributed by atoms with Crippen molar-refractivity contribution < 1.29 is 14.4 Å². The number of benzene rings is 1. The third kappa shape index (κ3) is 1.76. The number of carbonyl (C=O) groups is 3. The predicted molar refractivity (Wildman–Crippen MR) is 92.7 cm³/mol. The van der Waals surface area contributed by atoms with Crippen molar-refractivity contribution in [2.75, 3.05) is 7.05 Å². The lowest BCUT2D eigenvalue weighted by Gasteiger charge is -2.39. The number of hydrogen-bond acceptors (Lipinski definition) is 3. The van der Waals surface area contributed by atoms with Gasteiger partial charge in [-0.2, -0.15) is 0 Å². The van der Waals surface area contributed by atoms with E-state index in [1.54, 1.807) is 7.05 Å². The number of hydrogen-bond donors (Lipinski definition) is 0. The SMILES string of the molecule is CCCC[C@]12c3ccccc3C(=O)N1[C@@H](CC)[C@H]1C(=O)N(C)C(=O)[C@H]12. The molecule has 3 aliphatic heterocycles. The van der Waals surface area contributed by atoms with Crippen LogP contribution < -0.4 is 0 Å². The molecule has 2 saturated heterocycles. The molecule has 0 aromatic heterocycles. The smallest absolute Gasteiger partial charge is 0.255 e. The molecule has 3 aliphatic rings. The van der Waals surface area contributed by atoms with Crippen LogP contribution in [0.15, 0.2) is 24.3 Å². The minimum atomic E-state index is -0.660.